The predicted octanol–water partition coefficient (Wildman–Crippen LogP) is 3.33. The molecule has 0 saturated carbocycles. The van der Waals surface area contributed by atoms with Gasteiger partial charge in [-0.2, -0.15) is 0 Å². The van der Waals surface area contributed by atoms with Crippen LogP contribution in [0.3, 0.4) is 0 Å². The molecule has 1 aromatic heterocycles. The van der Waals surface area contributed by atoms with Crippen LogP contribution in [0.5, 0.6) is 0 Å². The summed E-state index contributed by atoms with van der Waals surface area (Å²) in [5.74, 6) is 2.22. The summed E-state index contributed by atoms with van der Waals surface area (Å²) in [6, 6.07) is 16.2. The van der Waals surface area contributed by atoms with Gasteiger partial charge < -0.3 is 14.8 Å². The number of rotatable bonds is 6. The zero-order chi connectivity index (χ0) is 19.8. The van der Waals surface area contributed by atoms with Gasteiger partial charge in [-0.15, -0.1) is 0 Å². The number of benzene rings is 1. The number of piperidine rings is 1. The minimum atomic E-state index is 0.0709. The summed E-state index contributed by atoms with van der Waals surface area (Å²) < 4.78 is 1.77. The van der Waals surface area contributed by atoms with Gasteiger partial charge >= 0.3 is 0 Å². The molecule has 2 atom stereocenters. The maximum atomic E-state index is 11.7. The Bertz CT molecular complexity index is 815. The number of nitrogens with zero attached hydrogens (tertiary/aromatic N) is 3. The number of guanidine groups is 1. The number of likely N-dealkylation sites (tertiary alicyclic amines) is 1. The molecule has 1 aliphatic rings. The topological polar surface area (TPSA) is 49.6 Å². The van der Waals surface area contributed by atoms with E-state index < -0.39 is 0 Å². The predicted molar refractivity (Wildman–Crippen MR) is 116 cm³/mol. The Morgan fingerprint density at radius 3 is 2.64 bits per heavy atom. The molecule has 2 aromatic rings. The molecule has 150 valence electrons. The highest BCUT2D eigenvalue weighted by atomic mass is 16.1. The van der Waals surface area contributed by atoms with E-state index in [-0.39, 0.29) is 5.56 Å². The minimum absolute atomic E-state index is 0.0709. The van der Waals surface area contributed by atoms with Crippen molar-refractivity contribution in [1.29, 1.82) is 0 Å². The molecule has 0 amide bonds. The van der Waals surface area contributed by atoms with Crippen LogP contribution in [-0.2, 0) is 6.54 Å². The summed E-state index contributed by atoms with van der Waals surface area (Å²) in [4.78, 5) is 18.6. The van der Waals surface area contributed by atoms with Gasteiger partial charge in [-0.05, 0) is 42.7 Å². The second-order valence-electron chi connectivity index (χ2n) is 7.64. The Kier molecular flexibility index (Phi) is 7.29. The number of hydrogen-bond donors (Lipinski definition) is 1. The number of hydrogen-bond acceptors (Lipinski definition) is 2. The number of aliphatic imine (C=N–C) groups is 1. The SMILES string of the molecule is CN=C(NCCCCn1ccccc1=O)N1CCC(c2ccccc2)C(C)C1. The normalized spacial score (nSPS) is 20.2. The van der Waals surface area contributed by atoms with Gasteiger partial charge in [0, 0.05) is 45.5 Å². The number of unbranched alkanes of at least 4 members (excludes halogenated alkanes) is 1. The quantitative estimate of drug-likeness (QED) is 0.475. The summed E-state index contributed by atoms with van der Waals surface area (Å²) in [5, 5.41) is 3.50. The molecule has 1 aliphatic heterocycles. The molecule has 2 heterocycles. The Morgan fingerprint density at radius 1 is 1.14 bits per heavy atom. The highest BCUT2D eigenvalue weighted by Crippen LogP contribution is 2.32. The average Bonchev–Trinajstić information content (AvgIpc) is 2.72. The molecule has 5 nitrogen and oxygen atoms in total. The second kappa shape index (κ2) is 10.1. The van der Waals surface area contributed by atoms with Crippen LogP contribution >= 0.6 is 0 Å². The molecule has 0 spiro atoms. The lowest BCUT2D eigenvalue weighted by atomic mass is 9.82. The van der Waals surface area contributed by atoms with Gasteiger partial charge in [0.1, 0.15) is 0 Å². The molecule has 0 bridgehead atoms. The van der Waals surface area contributed by atoms with Crippen molar-refractivity contribution in [3.63, 3.8) is 0 Å². The molecule has 28 heavy (non-hydrogen) atoms. The number of nitrogens with one attached hydrogen (secondary N) is 1. The smallest absolute Gasteiger partial charge is 0.250 e. The molecule has 1 N–H and O–H groups in total. The first-order chi connectivity index (χ1) is 13.7. The lowest BCUT2D eigenvalue weighted by Crippen LogP contribution is -2.48. The Labute approximate surface area is 168 Å². The third kappa shape index (κ3) is 5.24. The van der Waals surface area contributed by atoms with Crippen LogP contribution < -0.4 is 10.9 Å². The number of aromatic nitrogens is 1. The van der Waals surface area contributed by atoms with Crippen molar-refractivity contribution >= 4 is 5.96 Å². The first-order valence-electron chi connectivity index (χ1n) is 10.3. The van der Waals surface area contributed by atoms with Crippen LogP contribution in [0.1, 0.15) is 37.7 Å². The van der Waals surface area contributed by atoms with Crippen LogP contribution in [-0.4, -0.2) is 42.1 Å². The molecule has 3 rings (SSSR count). The average molecular weight is 381 g/mol. The molecule has 1 aromatic carbocycles. The van der Waals surface area contributed by atoms with Gasteiger partial charge in [-0.3, -0.25) is 9.79 Å². The molecular weight excluding hydrogens is 348 g/mol. The molecule has 2 unspecified atom stereocenters. The van der Waals surface area contributed by atoms with Crippen LogP contribution in [0.2, 0.25) is 0 Å². The monoisotopic (exact) mass is 380 g/mol. The summed E-state index contributed by atoms with van der Waals surface area (Å²) in [7, 11) is 1.86. The van der Waals surface area contributed by atoms with Gasteiger partial charge in [-0.25, -0.2) is 0 Å². The van der Waals surface area contributed by atoms with Gasteiger partial charge in [0.2, 0.25) is 5.56 Å². The largest absolute Gasteiger partial charge is 0.356 e. The molecule has 1 saturated heterocycles. The Balaban J connectivity index is 1.43. The fourth-order valence-corrected chi connectivity index (χ4v) is 4.12. The van der Waals surface area contributed by atoms with E-state index in [1.54, 1.807) is 16.7 Å². The van der Waals surface area contributed by atoms with Crippen LogP contribution in [0.4, 0.5) is 0 Å². The Morgan fingerprint density at radius 2 is 1.93 bits per heavy atom. The maximum Gasteiger partial charge on any atom is 0.250 e. The van der Waals surface area contributed by atoms with Crippen molar-refractivity contribution in [2.75, 3.05) is 26.7 Å². The third-order valence-electron chi connectivity index (χ3n) is 5.65. The first kappa shape index (κ1) is 20.2. The summed E-state index contributed by atoms with van der Waals surface area (Å²) in [6.07, 6.45) is 4.99. The highest BCUT2D eigenvalue weighted by Gasteiger charge is 2.28. The maximum absolute atomic E-state index is 11.7. The molecule has 0 radical (unpaired) electrons. The zero-order valence-electron chi connectivity index (χ0n) is 17.1. The van der Waals surface area contributed by atoms with Gasteiger partial charge in [-0.1, -0.05) is 43.3 Å². The van der Waals surface area contributed by atoms with E-state index in [9.17, 15) is 4.79 Å². The molecule has 1 fully saturated rings. The summed E-state index contributed by atoms with van der Waals surface area (Å²) >= 11 is 0. The fourth-order valence-electron chi connectivity index (χ4n) is 4.12. The van der Waals surface area contributed by atoms with Crippen molar-refractivity contribution in [1.82, 2.24) is 14.8 Å². The van der Waals surface area contributed by atoms with Crippen LogP contribution in [0, 0.1) is 5.92 Å². The van der Waals surface area contributed by atoms with Gasteiger partial charge in [0.15, 0.2) is 5.96 Å². The van der Waals surface area contributed by atoms with E-state index in [0.717, 1.165) is 51.4 Å². The number of pyridine rings is 1. The van der Waals surface area contributed by atoms with E-state index in [0.29, 0.717) is 11.8 Å². The molecule has 5 heteroatoms. The van der Waals surface area contributed by atoms with Crippen LogP contribution in [0.15, 0.2) is 64.5 Å². The highest BCUT2D eigenvalue weighted by molar-refractivity contribution is 5.80. The molecule has 0 aliphatic carbocycles. The van der Waals surface area contributed by atoms with E-state index in [4.69, 9.17) is 0 Å². The van der Waals surface area contributed by atoms with Crippen molar-refractivity contribution in [2.24, 2.45) is 10.9 Å². The summed E-state index contributed by atoms with van der Waals surface area (Å²) in [5.41, 5.74) is 1.52. The third-order valence-corrected chi connectivity index (χ3v) is 5.65. The second-order valence-corrected chi connectivity index (χ2v) is 7.64. The van der Waals surface area contributed by atoms with Crippen LogP contribution in [0.25, 0.3) is 0 Å². The van der Waals surface area contributed by atoms with E-state index in [2.05, 4.69) is 52.5 Å². The zero-order valence-corrected chi connectivity index (χ0v) is 17.1. The summed E-state index contributed by atoms with van der Waals surface area (Å²) in [6.45, 7) is 6.04. The lowest BCUT2D eigenvalue weighted by Gasteiger charge is -2.39. The minimum Gasteiger partial charge on any atom is -0.356 e. The lowest BCUT2D eigenvalue weighted by molar-refractivity contribution is 0.234. The Hall–Kier alpha value is -2.56. The van der Waals surface area contributed by atoms with Crippen molar-refractivity contribution in [3.05, 3.63) is 70.6 Å². The van der Waals surface area contributed by atoms with Crippen molar-refractivity contribution in [2.45, 2.75) is 38.6 Å². The van der Waals surface area contributed by atoms with Gasteiger partial charge in [0.05, 0.1) is 0 Å². The van der Waals surface area contributed by atoms with Crippen molar-refractivity contribution in [3.8, 4) is 0 Å². The number of aryl methyl sites for hydroxylation is 1. The fraction of sp³-hybridized carbons (Fsp3) is 0.478. The van der Waals surface area contributed by atoms with E-state index in [1.165, 1.54) is 5.56 Å². The van der Waals surface area contributed by atoms with Crippen molar-refractivity contribution < 1.29 is 0 Å². The van der Waals surface area contributed by atoms with E-state index in [1.807, 2.05) is 19.3 Å². The van der Waals surface area contributed by atoms with Gasteiger partial charge in [0.25, 0.3) is 0 Å². The first-order valence-corrected chi connectivity index (χ1v) is 10.3. The standard InChI is InChI=1S/C23H32N4O/c1-19-18-27(17-13-21(19)20-10-4-3-5-11-20)23(24-2)25-14-7-9-16-26-15-8-6-12-22(26)28/h3-6,8,10-12,15,19,21H,7,9,13-14,16-18H2,1-2H3,(H,24,25). The van der Waals surface area contributed by atoms with E-state index >= 15 is 0 Å². The molecular formula is C23H32N4O.